The monoisotopic (exact) mass is 376 g/mol. The molecule has 2 aromatic carbocycles. The van der Waals surface area contributed by atoms with Crippen molar-refractivity contribution < 1.29 is 8.78 Å². The number of hydrogen-bond acceptors (Lipinski definition) is 3. The van der Waals surface area contributed by atoms with Crippen molar-refractivity contribution in [3.8, 4) is 0 Å². The van der Waals surface area contributed by atoms with Crippen LogP contribution < -0.4 is 5.32 Å². The molecule has 0 aromatic heterocycles. The van der Waals surface area contributed by atoms with Crippen LogP contribution in [0.1, 0.15) is 38.7 Å². The number of piperidine rings is 1. The van der Waals surface area contributed by atoms with Crippen molar-refractivity contribution in [2.24, 2.45) is 0 Å². The van der Waals surface area contributed by atoms with Gasteiger partial charge in [0.05, 0.1) is 5.69 Å². The lowest BCUT2D eigenvalue weighted by molar-refractivity contribution is 0.380. The minimum Gasteiger partial charge on any atom is -0.354 e. The van der Waals surface area contributed by atoms with Gasteiger partial charge < -0.3 is 5.32 Å². The Morgan fingerprint density at radius 2 is 1.73 bits per heavy atom. The van der Waals surface area contributed by atoms with Gasteiger partial charge >= 0.3 is 0 Å². The average molecular weight is 377 g/mol. The second kappa shape index (κ2) is 10.3. The molecule has 0 aliphatic carbocycles. The van der Waals surface area contributed by atoms with Crippen LogP contribution in [0.4, 0.5) is 14.5 Å². The molecule has 5 heteroatoms. The number of halogens is 2. The van der Waals surface area contributed by atoms with Crippen LogP contribution in [0.25, 0.3) is 5.70 Å². The van der Waals surface area contributed by atoms with E-state index in [9.17, 15) is 8.78 Å². The molecule has 1 aliphatic heterocycles. The van der Waals surface area contributed by atoms with Crippen molar-refractivity contribution in [1.29, 1.82) is 0 Å². The Balaban J connectivity index is 0.00000117. The first kappa shape index (κ1) is 20.5. The highest BCUT2D eigenvalue weighted by atomic mass is 32.2. The van der Waals surface area contributed by atoms with Gasteiger partial charge in [-0.1, -0.05) is 39.0 Å². The van der Waals surface area contributed by atoms with E-state index in [-0.39, 0.29) is 5.56 Å². The van der Waals surface area contributed by atoms with E-state index in [4.69, 9.17) is 0 Å². The van der Waals surface area contributed by atoms with Gasteiger partial charge in [-0.2, -0.15) is 0 Å². The van der Waals surface area contributed by atoms with Crippen LogP contribution in [0.3, 0.4) is 0 Å². The fraction of sp³-hybridized carbons (Fsp3) is 0.333. The number of benzene rings is 2. The van der Waals surface area contributed by atoms with Gasteiger partial charge in [0.15, 0.2) is 0 Å². The summed E-state index contributed by atoms with van der Waals surface area (Å²) in [5.41, 5.74) is 1.56. The molecule has 0 amide bonds. The van der Waals surface area contributed by atoms with Gasteiger partial charge in [-0.25, -0.2) is 13.1 Å². The molecule has 0 spiro atoms. The smallest absolute Gasteiger partial charge is 0.135 e. The maximum absolute atomic E-state index is 13.9. The predicted octanol–water partition coefficient (Wildman–Crippen LogP) is 6.57. The Labute approximate surface area is 159 Å². The van der Waals surface area contributed by atoms with Gasteiger partial charge in [-0.15, -0.1) is 0 Å². The van der Waals surface area contributed by atoms with Crippen molar-refractivity contribution in [2.45, 2.75) is 38.0 Å². The Morgan fingerprint density at radius 1 is 1.04 bits per heavy atom. The number of nitrogens with one attached hydrogen (secondary N) is 1. The van der Waals surface area contributed by atoms with E-state index in [1.807, 2.05) is 38.1 Å². The molecule has 26 heavy (non-hydrogen) atoms. The molecule has 0 unspecified atom stereocenters. The Kier molecular flexibility index (Phi) is 8.13. The lowest BCUT2D eigenvalue weighted by Gasteiger charge is -2.26. The third-order valence-electron chi connectivity index (χ3n) is 3.97. The van der Waals surface area contributed by atoms with Crippen LogP contribution in [0.5, 0.6) is 0 Å². The fourth-order valence-corrected chi connectivity index (χ4v) is 3.78. The average Bonchev–Trinajstić information content (AvgIpc) is 2.66. The second-order valence-electron chi connectivity index (χ2n) is 5.80. The van der Waals surface area contributed by atoms with Crippen molar-refractivity contribution >= 4 is 23.3 Å². The molecular formula is C21H26F2N2S. The minimum absolute atomic E-state index is 0.272. The highest BCUT2D eigenvalue weighted by Crippen LogP contribution is 2.33. The first-order valence-electron chi connectivity index (χ1n) is 9.07. The first-order valence-corrected chi connectivity index (χ1v) is 9.84. The van der Waals surface area contributed by atoms with Crippen LogP contribution in [0.15, 0.2) is 53.9 Å². The van der Waals surface area contributed by atoms with Gasteiger partial charge in [-0.3, -0.25) is 0 Å². The number of nitrogens with zero attached hydrogens (tertiary/aromatic N) is 1. The summed E-state index contributed by atoms with van der Waals surface area (Å²) >= 11 is 1.71. The summed E-state index contributed by atoms with van der Waals surface area (Å²) in [5.74, 6) is -1.21. The molecule has 1 heterocycles. The highest BCUT2D eigenvalue weighted by Gasteiger charge is 2.14. The molecular weight excluding hydrogens is 350 g/mol. The van der Waals surface area contributed by atoms with Crippen LogP contribution in [-0.4, -0.2) is 17.4 Å². The van der Waals surface area contributed by atoms with Gasteiger partial charge in [-0.05, 0) is 49.1 Å². The fourth-order valence-electron chi connectivity index (χ4n) is 2.71. The molecule has 1 N–H and O–H groups in total. The largest absolute Gasteiger partial charge is 0.354 e. The van der Waals surface area contributed by atoms with Crippen molar-refractivity contribution in [2.75, 3.05) is 18.4 Å². The Morgan fingerprint density at radius 3 is 2.42 bits per heavy atom. The van der Waals surface area contributed by atoms with Gasteiger partial charge in [0, 0.05) is 35.3 Å². The number of anilines is 1. The summed E-state index contributed by atoms with van der Waals surface area (Å²) < 4.78 is 29.3. The van der Waals surface area contributed by atoms with E-state index in [0.717, 1.165) is 29.7 Å². The quantitative estimate of drug-likeness (QED) is 0.594. The zero-order valence-corrected chi connectivity index (χ0v) is 16.2. The van der Waals surface area contributed by atoms with E-state index in [2.05, 4.69) is 16.2 Å². The zero-order valence-electron chi connectivity index (χ0n) is 15.4. The molecule has 0 atom stereocenters. The lowest BCUT2D eigenvalue weighted by atomic mass is 10.1. The molecule has 0 bridgehead atoms. The molecule has 2 nitrogen and oxygen atoms in total. The second-order valence-corrected chi connectivity index (χ2v) is 6.94. The van der Waals surface area contributed by atoms with Crippen LogP contribution in [0.2, 0.25) is 0 Å². The predicted molar refractivity (Wildman–Crippen MR) is 108 cm³/mol. The molecule has 1 aliphatic rings. The Hall–Kier alpha value is -1.85. The SMILES string of the molecule is C=C(Nc1ccccc1SN1CCCCC1)c1ccc(F)cc1F.CC. The van der Waals surface area contributed by atoms with E-state index in [1.54, 1.807) is 11.9 Å². The molecule has 0 radical (unpaired) electrons. The van der Waals surface area contributed by atoms with Gasteiger partial charge in [0.2, 0.25) is 0 Å². The van der Waals surface area contributed by atoms with E-state index in [1.165, 1.54) is 31.4 Å². The van der Waals surface area contributed by atoms with Crippen LogP contribution in [0, 0.1) is 11.6 Å². The third kappa shape index (κ3) is 5.58. The summed E-state index contributed by atoms with van der Waals surface area (Å²) in [4.78, 5) is 1.07. The zero-order chi connectivity index (χ0) is 18.9. The van der Waals surface area contributed by atoms with Crippen molar-refractivity contribution in [3.05, 3.63) is 66.2 Å². The molecule has 1 saturated heterocycles. The summed E-state index contributed by atoms with van der Waals surface area (Å²) in [5, 5.41) is 3.17. The number of hydrogen-bond donors (Lipinski definition) is 1. The molecule has 2 aromatic rings. The molecule has 1 fully saturated rings. The topological polar surface area (TPSA) is 15.3 Å². The molecule has 140 valence electrons. The molecule has 3 rings (SSSR count). The maximum Gasteiger partial charge on any atom is 0.135 e. The summed E-state index contributed by atoms with van der Waals surface area (Å²) in [6, 6.07) is 11.4. The van der Waals surface area contributed by atoms with Gasteiger partial charge in [0.25, 0.3) is 0 Å². The third-order valence-corrected chi connectivity index (χ3v) is 5.15. The van der Waals surface area contributed by atoms with Crippen LogP contribution >= 0.6 is 11.9 Å². The number of rotatable bonds is 5. The Bertz CT molecular complexity index is 728. The van der Waals surface area contributed by atoms with E-state index in [0.29, 0.717) is 5.70 Å². The first-order chi connectivity index (χ1) is 12.6. The minimum atomic E-state index is -0.617. The standard InChI is InChI=1S/C19H20F2N2S.C2H6/c1-14(16-10-9-15(20)13-17(16)21)22-18-7-3-4-8-19(18)24-23-11-5-2-6-12-23;1-2/h3-4,7-10,13,22H,1-2,5-6,11-12H2;1-2H3. The highest BCUT2D eigenvalue weighted by molar-refractivity contribution is 7.97. The number of para-hydroxylation sites is 1. The van der Waals surface area contributed by atoms with E-state index < -0.39 is 11.6 Å². The van der Waals surface area contributed by atoms with Crippen molar-refractivity contribution in [1.82, 2.24) is 4.31 Å². The summed E-state index contributed by atoms with van der Waals surface area (Å²) in [7, 11) is 0. The lowest BCUT2D eigenvalue weighted by Crippen LogP contribution is -2.22. The van der Waals surface area contributed by atoms with Crippen LogP contribution in [-0.2, 0) is 0 Å². The normalized spacial score (nSPS) is 14.3. The van der Waals surface area contributed by atoms with E-state index >= 15 is 0 Å². The maximum atomic E-state index is 13.9. The van der Waals surface area contributed by atoms with Crippen molar-refractivity contribution in [3.63, 3.8) is 0 Å². The summed E-state index contributed by atoms with van der Waals surface area (Å²) in [6.07, 6.45) is 3.73. The van der Waals surface area contributed by atoms with Gasteiger partial charge in [0.1, 0.15) is 11.6 Å². The molecule has 0 saturated carbocycles. The summed E-state index contributed by atoms with van der Waals surface area (Å²) in [6.45, 7) is 10.1.